The first kappa shape index (κ1) is 15.5. The van der Waals surface area contributed by atoms with Crippen LogP contribution in [0.4, 0.5) is 0 Å². The number of benzene rings is 1. The summed E-state index contributed by atoms with van der Waals surface area (Å²) in [6, 6.07) is 8.00. The number of thiazole rings is 1. The Balaban J connectivity index is 1.54. The second-order valence-electron chi connectivity index (χ2n) is 5.43. The molecule has 1 unspecified atom stereocenters. The summed E-state index contributed by atoms with van der Waals surface area (Å²) in [5.74, 6) is 0.0293. The van der Waals surface area contributed by atoms with Crippen molar-refractivity contribution >= 4 is 28.8 Å². The van der Waals surface area contributed by atoms with E-state index in [-0.39, 0.29) is 5.91 Å². The molecule has 1 aromatic heterocycles. The van der Waals surface area contributed by atoms with Gasteiger partial charge < -0.3 is 10.6 Å². The number of aromatic nitrogens is 1. The molecule has 1 aromatic carbocycles. The molecule has 2 aromatic rings. The van der Waals surface area contributed by atoms with Gasteiger partial charge in [-0.25, -0.2) is 4.98 Å². The monoisotopic (exact) mass is 335 g/mol. The van der Waals surface area contributed by atoms with Crippen molar-refractivity contribution in [2.24, 2.45) is 0 Å². The quantitative estimate of drug-likeness (QED) is 0.883. The molecule has 2 heterocycles. The van der Waals surface area contributed by atoms with Gasteiger partial charge >= 0.3 is 0 Å². The molecule has 116 valence electrons. The standard InChI is InChI=1S/C16H18ClN3OS/c17-12-5-3-11(4-6-12)16-20-14(10-22-16)8-15(21)19-9-13-2-1-7-18-13/h3-6,10,13,18H,1-2,7-9H2,(H,19,21). The summed E-state index contributed by atoms with van der Waals surface area (Å²) in [5.41, 5.74) is 1.84. The largest absolute Gasteiger partial charge is 0.354 e. The van der Waals surface area contributed by atoms with Gasteiger partial charge in [-0.2, -0.15) is 0 Å². The van der Waals surface area contributed by atoms with Gasteiger partial charge in [0.05, 0.1) is 12.1 Å². The molecule has 1 amide bonds. The maximum atomic E-state index is 12.0. The lowest BCUT2D eigenvalue weighted by Gasteiger charge is -2.10. The van der Waals surface area contributed by atoms with Crippen LogP contribution in [0.1, 0.15) is 18.5 Å². The van der Waals surface area contributed by atoms with Crippen molar-refractivity contribution < 1.29 is 4.79 Å². The van der Waals surface area contributed by atoms with Gasteiger partial charge in [0, 0.05) is 28.6 Å². The number of halogens is 1. The Bertz CT molecular complexity index is 635. The molecule has 0 bridgehead atoms. The minimum absolute atomic E-state index is 0.0293. The summed E-state index contributed by atoms with van der Waals surface area (Å²) in [4.78, 5) is 16.5. The van der Waals surface area contributed by atoms with E-state index in [1.165, 1.54) is 6.42 Å². The molecule has 1 atom stereocenters. The molecule has 0 radical (unpaired) electrons. The third kappa shape index (κ3) is 4.06. The van der Waals surface area contributed by atoms with Crippen LogP contribution in [0.2, 0.25) is 5.02 Å². The minimum Gasteiger partial charge on any atom is -0.354 e. The zero-order chi connectivity index (χ0) is 15.4. The number of nitrogens with zero attached hydrogens (tertiary/aromatic N) is 1. The van der Waals surface area contributed by atoms with Crippen molar-refractivity contribution in [2.45, 2.75) is 25.3 Å². The molecular weight excluding hydrogens is 318 g/mol. The maximum absolute atomic E-state index is 12.0. The van der Waals surface area contributed by atoms with Gasteiger partial charge in [0.15, 0.2) is 0 Å². The highest BCUT2D eigenvalue weighted by Gasteiger charge is 2.15. The highest BCUT2D eigenvalue weighted by Crippen LogP contribution is 2.25. The van der Waals surface area contributed by atoms with E-state index in [9.17, 15) is 4.79 Å². The molecule has 1 aliphatic heterocycles. The molecular formula is C16H18ClN3OS. The molecule has 3 rings (SSSR count). The van der Waals surface area contributed by atoms with Crippen molar-refractivity contribution in [3.63, 3.8) is 0 Å². The summed E-state index contributed by atoms with van der Waals surface area (Å²) >= 11 is 7.43. The molecule has 1 saturated heterocycles. The van der Waals surface area contributed by atoms with Crippen LogP contribution in [0.5, 0.6) is 0 Å². The normalized spacial score (nSPS) is 17.6. The van der Waals surface area contributed by atoms with Crippen LogP contribution >= 0.6 is 22.9 Å². The number of nitrogens with one attached hydrogen (secondary N) is 2. The first-order valence-corrected chi connectivity index (χ1v) is 8.67. The second kappa shape index (κ2) is 7.22. The lowest BCUT2D eigenvalue weighted by Crippen LogP contribution is -2.37. The highest BCUT2D eigenvalue weighted by molar-refractivity contribution is 7.13. The third-order valence-corrected chi connectivity index (χ3v) is 4.88. The number of hydrogen-bond acceptors (Lipinski definition) is 4. The van der Waals surface area contributed by atoms with Gasteiger partial charge in [0.1, 0.15) is 5.01 Å². The maximum Gasteiger partial charge on any atom is 0.226 e. The first-order valence-electron chi connectivity index (χ1n) is 7.41. The topological polar surface area (TPSA) is 54.0 Å². The molecule has 1 aliphatic rings. The summed E-state index contributed by atoms with van der Waals surface area (Å²) in [6.07, 6.45) is 2.66. The number of carbonyl (C=O) groups is 1. The zero-order valence-corrected chi connectivity index (χ0v) is 13.7. The summed E-state index contributed by atoms with van der Waals surface area (Å²) in [5, 5.41) is 9.91. The van der Waals surface area contributed by atoms with E-state index in [1.54, 1.807) is 11.3 Å². The lowest BCUT2D eigenvalue weighted by atomic mass is 10.2. The number of hydrogen-bond donors (Lipinski definition) is 2. The van der Waals surface area contributed by atoms with E-state index in [0.29, 0.717) is 24.0 Å². The van der Waals surface area contributed by atoms with Crippen molar-refractivity contribution in [1.82, 2.24) is 15.6 Å². The van der Waals surface area contributed by atoms with Gasteiger partial charge in [-0.05, 0) is 31.5 Å². The van der Waals surface area contributed by atoms with Crippen molar-refractivity contribution in [2.75, 3.05) is 13.1 Å². The van der Waals surface area contributed by atoms with Gasteiger partial charge in [-0.15, -0.1) is 11.3 Å². The Labute approximate surface area is 138 Å². The fraction of sp³-hybridized carbons (Fsp3) is 0.375. The van der Waals surface area contributed by atoms with Gasteiger partial charge in [-0.3, -0.25) is 4.79 Å². The molecule has 4 nitrogen and oxygen atoms in total. The Hall–Kier alpha value is -1.43. The highest BCUT2D eigenvalue weighted by atomic mass is 35.5. The van der Waals surface area contributed by atoms with Gasteiger partial charge in [0.25, 0.3) is 0 Å². The Morgan fingerprint density at radius 2 is 2.23 bits per heavy atom. The molecule has 22 heavy (non-hydrogen) atoms. The zero-order valence-electron chi connectivity index (χ0n) is 12.1. The summed E-state index contributed by atoms with van der Waals surface area (Å²) in [7, 11) is 0. The average Bonchev–Trinajstić information content (AvgIpc) is 3.17. The van der Waals surface area contributed by atoms with Crippen molar-refractivity contribution in [1.29, 1.82) is 0 Å². The Morgan fingerprint density at radius 3 is 2.95 bits per heavy atom. The van der Waals surface area contributed by atoms with Crippen LogP contribution in [-0.4, -0.2) is 30.0 Å². The van der Waals surface area contributed by atoms with Crippen LogP contribution in [-0.2, 0) is 11.2 Å². The van der Waals surface area contributed by atoms with E-state index < -0.39 is 0 Å². The first-order chi connectivity index (χ1) is 10.7. The van der Waals surface area contributed by atoms with Crippen LogP contribution in [0.25, 0.3) is 10.6 Å². The molecule has 6 heteroatoms. The second-order valence-corrected chi connectivity index (χ2v) is 6.72. The van der Waals surface area contributed by atoms with E-state index in [4.69, 9.17) is 11.6 Å². The summed E-state index contributed by atoms with van der Waals surface area (Å²) in [6.45, 7) is 1.75. The van der Waals surface area contributed by atoms with E-state index in [1.807, 2.05) is 29.6 Å². The van der Waals surface area contributed by atoms with Crippen LogP contribution in [0.15, 0.2) is 29.6 Å². The van der Waals surface area contributed by atoms with Crippen LogP contribution < -0.4 is 10.6 Å². The lowest BCUT2D eigenvalue weighted by molar-refractivity contribution is -0.120. The van der Waals surface area contributed by atoms with Crippen LogP contribution in [0, 0.1) is 0 Å². The minimum atomic E-state index is 0.0293. The summed E-state index contributed by atoms with van der Waals surface area (Å²) < 4.78 is 0. The van der Waals surface area contributed by atoms with Gasteiger partial charge in [0.2, 0.25) is 5.91 Å². The third-order valence-electron chi connectivity index (χ3n) is 3.69. The SMILES string of the molecule is O=C(Cc1csc(-c2ccc(Cl)cc2)n1)NCC1CCCN1. The molecule has 2 N–H and O–H groups in total. The fourth-order valence-electron chi connectivity index (χ4n) is 2.51. The number of carbonyl (C=O) groups excluding carboxylic acids is 1. The van der Waals surface area contributed by atoms with Crippen LogP contribution in [0.3, 0.4) is 0 Å². The average molecular weight is 336 g/mol. The smallest absolute Gasteiger partial charge is 0.226 e. The number of amides is 1. The van der Waals surface area contributed by atoms with E-state index in [0.717, 1.165) is 29.2 Å². The van der Waals surface area contributed by atoms with E-state index >= 15 is 0 Å². The predicted molar refractivity (Wildman–Crippen MR) is 90.3 cm³/mol. The number of rotatable bonds is 5. The molecule has 1 fully saturated rings. The van der Waals surface area contributed by atoms with E-state index in [2.05, 4.69) is 15.6 Å². The molecule has 0 aliphatic carbocycles. The van der Waals surface area contributed by atoms with Crippen molar-refractivity contribution in [3.05, 3.63) is 40.4 Å². The van der Waals surface area contributed by atoms with Crippen molar-refractivity contribution in [3.8, 4) is 10.6 Å². The predicted octanol–water partition coefficient (Wildman–Crippen LogP) is 2.87. The molecule has 0 spiro atoms. The fourth-order valence-corrected chi connectivity index (χ4v) is 3.46. The molecule has 0 saturated carbocycles. The Kier molecular flexibility index (Phi) is 5.08. The Morgan fingerprint density at radius 1 is 1.41 bits per heavy atom. The van der Waals surface area contributed by atoms with Gasteiger partial charge in [-0.1, -0.05) is 23.7 Å².